The maximum atomic E-state index is 5.27. The Kier molecular flexibility index (Phi) is 3.36. The maximum Gasteiger partial charge on any atom is 0.0554 e. The van der Waals surface area contributed by atoms with Crippen molar-refractivity contribution in [3.05, 3.63) is 0 Å². The molecule has 0 bridgehead atoms. The van der Waals surface area contributed by atoms with Crippen LogP contribution >= 0.6 is 0 Å². The zero-order valence-corrected chi connectivity index (χ0v) is 10.3. The van der Waals surface area contributed by atoms with Gasteiger partial charge < -0.3 is 10.1 Å². The van der Waals surface area contributed by atoms with Crippen molar-refractivity contribution in [3.63, 3.8) is 0 Å². The summed E-state index contributed by atoms with van der Waals surface area (Å²) in [5.41, 5.74) is 1.05. The van der Waals surface area contributed by atoms with E-state index in [0.717, 1.165) is 19.8 Å². The fourth-order valence-electron chi connectivity index (χ4n) is 2.96. The summed E-state index contributed by atoms with van der Waals surface area (Å²) >= 11 is 0. The minimum atomic E-state index is 0.424. The van der Waals surface area contributed by atoms with Gasteiger partial charge in [-0.1, -0.05) is 26.7 Å². The van der Waals surface area contributed by atoms with E-state index in [2.05, 4.69) is 19.2 Å². The van der Waals surface area contributed by atoms with Gasteiger partial charge in [0.05, 0.1) is 13.2 Å². The van der Waals surface area contributed by atoms with E-state index in [-0.39, 0.29) is 0 Å². The van der Waals surface area contributed by atoms with Crippen LogP contribution in [0, 0.1) is 10.8 Å². The molecule has 1 heterocycles. The first-order valence-corrected chi connectivity index (χ1v) is 6.47. The fourth-order valence-corrected chi connectivity index (χ4v) is 2.96. The summed E-state index contributed by atoms with van der Waals surface area (Å²) in [7, 11) is 0. The van der Waals surface area contributed by atoms with Gasteiger partial charge in [-0.25, -0.2) is 0 Å². The van der Waals surface area contributed by atoms with E-state index in [1.165, 1.54) is 38.6 Å². The Hall–Kier alpha value is -0.0800. The first-order valence-electron chi connectivity index (χ1n) is 6.47. The smallest absolute Gasteiger partial charge is 0.0554 e. The van der Waals surface area contributed by atoms with Crippen LogP contribution in [-0.2, 0) is 4.74 Å². The molecule has 0 atom stereocenters. The summed E-state index contributed by atoms with van der Waals surface area (Å²) in [5, 5.41) is 3.68. The number of hydrogen-bond acceptors (Lipinski definition) is 2. The van der Waals surface area contributed by atoms with Crippen LogP contribution in [0.5, 0.6) is 0 Å². The van der Waals surface area contributed by atoms with E-state index < -0.39 is 0 Å². The molecule has 2 fully saturated rings. The largest absolute Gasteiger partial charge is 0.380 e. The van der Waals surface area contributed by atoms with Crippen molar-refractivity contribution in [1.29, 1.82) is 0 Å². The van der Waals surface area contributed by atoms with Gasteiger partial charge in [0, 0.05) is 18.5 Å². The molecule has 1 saturated carbocycles. The zero-order chi connectivity index (χ0) is 10.8. The molecular formula is C13H25NO. The van der Waals surface area contributed by atoms with Crippen molar-refractivity contribution < 1.29 is 4.74 Å². The Morgan fingerprint density at radius 2 is 1.80 bits per heavy atom. The third kappa shape index (κ3) is 2.54. The van der Waals surface area contributed by atoms with Gasteiger partial charge in [-0.2, -0.15) is 0 Å². The Bertz CT molecular complexity index is 205. The summed E-state index contributed by atoms with van der Waals surface area (Å²) in [6.07, 6.45) is 7.09. The van der Waals surface area contributed by atoms with Crippen LogP contribution in [0.1, 0.15) is 46.0 Å². The first-order chi connectivity index (χ1) is 7.18. The lowest BCUT2D eigenvalue weighted by molar-refractivity contribution is -0.0997. The average molecular weight is 211 g/mol. The van der Waals surface area contributed by atoms with Crippen molar-refractivity contribution in [2.45, 2.75) is 46.0 Å². The van der Waals surface area contributed by atoms with E-state index in [9.17, 15) is 0 Å². The van der Waals surface area contributed by atoms with E-state index in [1.54, 1.807) is 0 Å². The minimum Gasteiger partial charge on any atom is -0.380 e. The lowest BCUT2D eigenvalue weighted by Crippen LogP contribution is -2.49. The van der Waals surface area contributed by atoms with Crippen molar-refractivity contribution in [2.24, 2.45) is 10.8 Å². The molecular weight excluding hydrogens is 186 g/mol. The van der Waals surface area contributed by atoms with Crippen LogP contribution in [0.3, 0.4) is 0 Å². The van der Waals surface area contributed by atoms with Gasteiger partial charge in [0.25, 0.3) is 0 Å². The van der Waals surface area contributed by atoms with Crippen molar-refractivity contribution in [2.75, 3.05) is 26.3 Å². The number of rotatable bonds is 5. The van der Waals surface area contributed by atoms with E-state index in [0.29, 0.717) is 10.8 Å². The Morgan fingerprint density at radius 3 is 2.27 bits per heavy atom. The zero-order valence-electron chi connectivity index (χ0n) is 10.3. The van der Waals surface area contributed by atoms with Gasteiger partial charge >= 0.3 is 0 Å². The molecule has 88 valence electrons. The molecule has 2 aliphatic rings. The molecule has 1 aliphatic carbocycles. The molecule has 2 rings (SSSR count). The van der Waals surface area contributed by atoms with Gasteiger partial charge in [0.2, 0.25) is 0 Å². The molecule has 0 aromatic carbocycles. The van der Waals surface area contributed by atoms with Crippen molar-refractivity contribution in [1.82, 2.24) is 5.32 Å². The molecule has 0 spiro atoms. The number of hydrogen-bond donors (Lipinski definition) is 1. The van der Waals surface area contributed by atoms with Gasteiger partial charge in [0.1, 0.15) is 0 Å². The summed E-state index contributed by atoms with van der Waals surface area (Å²) < 4.78 is 5.27. The monoisotopic (exact) mass is 211 g/mol. The normalized spacial score (nSPS) is 27.6. The highest BCUT2D eigenvalue weighted by atomic mass is 16.5. The summed E-state index contributed by atoms with van der Waals surface area (Å²) in [6.45, 7) is 8.91. The highest BCUT2D eigenvalue weighted by Crippen LogP contribution is 2.40. The van der Waals surface area contributed by atoms with Crippen LogP contribution in [0.15, 0.2) is 0 Å². The first kappa shape index (κ1) is 11.4. The number of nitrogens with one attached hydrogen (secondary N) is 1. The Morgan fingerprint density at radius 1 is 1.13 bits per heavy atom. The van der Waals surface area contributed by atoms with Crippen LogP contribution in [0.25, 0.3) is 0 Å². The Balaban J connectivity index is 1.71. The third-order valence-corrected chi connectivity index (χ3v) is 4.37. The second-order valence-corrected chi connectivity index (χ2v) is 5.97. The fraction of sp³-hybridized carbons (Fsp3) is 1.00. The quantitative estimate of drug-likeness (QED) is 0.754. The van der Waals surface area contributed by atoms with Crippen LogP contribution < -0.4 is 5.32 Å². The lowest BCUT2D eigenvalue weighted by Gasteiger charge is -2.39. The minimum absolute atomic E-state index is 0.424. The molecule has 2 nitrogen and oxygen atoms in total. The van der Waals surface area contributed by atoms with Gasteiger partial charge in [0.15, 0.2) is 0 Å². The molecule has 2 heteroatoms. The highest BCUT2D eigenvalue weighted by molar-refractivity contribution is 4.88. The predicted molar refractivity (Wildman–Crippen MR) is 63.0 cm³/mol. The van der Waals surface area contributed by atoms with Gasteiger partial charge in [-0.15, -0.1) is 0 Å². The second kappa shape index (κ2) is 4.42. The predicted octanol–water partition coefficient (Wildman–Crippen LogP) is 2.58. The van der Waals surface area contributed by atoms with E-state index >= 15 is 0 Å². The summed E-state index contributed by atoms with van der Waals surface area (Å²) in [5.74, 6) is 0. The molecule has 1 saturated heterocycles. The highest BCUT2D eigenvalue weighted by Gasteiger charge is 2.35. The Labute approximate surface area is 93.8 Å². The van der Waals surface area contributed by atoms with Gasteiger partial charge in [-0.05, 0) is 24.7 Å². The summed E-state index contributed by atoms with van der Waals surface area (Å²) in [6, 6.07) is 0. The van der Waals surface area contributed by atoms with Crippen molar-refractivity contribution in [3.8, 4) is 0 Å². The third-order valence-electron chi connectivity index (χ3n) is 4.37. The van der Waals surface area contributed by atoms with Crippen LogP contribution in [0.2, 0.25) is 0 Å². The molecule has 0 aromatic heterocycles. The SMILES string of the molecule is CCC1(CNCC2(C)COC2)CCCC1. The molecule has 1 aliphatic heterocycles. The van der Waals surface area contributed by atoms with Gasteiger partial charge in [-0.3, -0.25) is 0 Å². The van der Waals surface area contributed by atoms with Crippen LogP contribution in [0.4, 0.5) is 0 Å². The van der Waals surface area contributed by atoms with Crippen LogP contribution in [-0.4, -0.2) is 26.3 Å². The molecule has 0 aromatic rings. The lowest BCUT2D eigenvalue weighted by atomic mass is 9.82. The molecule has 0 amide bonds. The standard InChI is InChI=1S/C13H25NO/c1-3-13(6-4-5-7-13)9-14-8-12(2)10-15-11-12/h14H,3-11H2,1-2H3. The summed E-state index contributed by atoms with van der Waals surface area (Å²) in [4.78, 5) is 0. The van der Waals surface area contributed by atoms with E-state index in [4.69, 9.17) is 4.74 Å². The average Bonchev–Trinajstić information content (AvgIpc) is 2.65. The molecule has 0 unspecified atom stereocenters. The van der Waals surface area contributed by atoms with Crippen molar-refractivity contribution >= 4 is 0 Å². The molecule has 15 heavy (non-hydrogen) atoms. The number of ether oxygens (including phenoxy) is 1. The molecule has 1 N–H and O–H groups in total. The molecule has 0 radical (unpaired) electrons. The maximum absolute atomic E-state index is 5.27. The van der Waals surface area contributed by atoms with E-state index in [1.807, 2.05) is 0 Å². The second-order valence-electron chi connectivity index (χ2n) is 5.97. The topological polar surface area (TPSA) is 21.3 Å².